The van der Waals surface area contributed by atoms with Crippen molar-refractivity contribution >= 4 is 33.5 Å². The Labute approximate surface area is 175 Å². The fourth-order valence-electron chi connectivity index (χ4n) is 3.09. The van der Waals surface area contributed by atoms with E-state index in [0.29, 0.717) is 33.4 Å². The van der Waals surface area contributed by atoms with Crippen LogP contribution in [-0.4, -0.2) is 29.7 Å². The number of carbonyl (C=O) groups excluding carboxylic acids is 1. The zero-order chi connectivity index (χ0) is 21.1. The van der Waals surface area contributed by atoms with Gasteiger partial charge in [0.1, 0.15) is 11.5 Å². The molecule has 154 valence electrons. The van der Waals surface area contributed by atoms with Gasteiger partial charge < -0.3 is 19.2 Å². The minimum atomic E-state index is -0.481. The number of carbonyl (C=O) groups is 1. The summed E-state index contributed by atoms with van der Waals surface area (Å²) >= 11 is 1.31. The number of methoxy groups -OCH3 is 2. The highest BCUT2D eigenvalue weighted by molar-refractivity contribution is 7.14. The van der Waals surface area contributed by atoms with E-state index in [4.69, 9.17) is 13.9 Å². The minimum Gasteiger partial charge on any atom is -0.497 e. The molecule has 1 amide bonds. The third kappa shape index (κ3) is 3.92. The van der Waals surface area contributed by atoms with E-state index in [9.17, 15) is 9.59 Å². The number of benzene rings is 2. The molecule has 1 N–H and O–H groups in total. The molecule has 0 saturated carbocycles. The van der Waals surface area contributed by atoms with Crippen molar-refractivity contribution in [3.8, 4) is 22.8 Å². The summed E-state index contributed by atoms with van der Waals surface area (Å²) in [4.78, 5) is 28.9. The molecule has 0 aliphatic rings. The highest BCUT2D eigenvalue weighted by Gasteiger charge is 2.14. The number of hydrogen-bond donors (Lipinski definition) is 1. The number of fused-ring (bicyclic) bond motifs is 1. The molecule has 0 radical (unpaired) electrons. The second-order valence-electron chi connectivity index (χ2n) is 6.39. The molecule has 0 bridgehead atoms. The van der Waals surface area contributed by atoms with Crippen molar-refractivity contribution in [3.05, 3.63) is 58.4 Å². The zero-order valence-electron chi connectivity index (χ0n) is 16.4. The van der Waals surface area contributed by atoms with E-state index >= 15 is 0 Å². The maximum atomic E-state index is 12.4. The van der Waals surface area contributed by atoms with Crippen molar-refractivity contribution < 1.29 is 18.7 Å². The quantitative estimate of drug-likeness (QED) is 0.484. The first-order valence-electron chi connectivity index (χ1n) is 9.15. The van der Waals surface area contributed by atoms with Gasteiger partial charge in [0.25, 0.3) is 0 Å². The van der Waals surface area contributed by atoms with Gasteiger partial charge in [-0.15, -0.1) is 11.3 Å². The minimum absolute atomic E-state index is 0.112. The molecule has 2 aromatic carbocycles. The molecule has 0 fully saturated rings. The van der Waals surface area contributed by atoms with Gasteiger partial charge in [-0.3, -0.25) is 9.36 Å². The van der Waals surface area contributed by atoms with Gasteiger partial charge in [0.15, 0.2) is 10.7 Å². The third-order valence-electron chi connectivity index (χ3n) is 4.57. The number of anilines is 1. The van der Waals surface area contributed by atoms with E-state index < -0.39 is 5.76 Å². The number of oxazole rings is 1. The second-order valence-corrected chi connectivity index (χ2v) is 7.25. The predicted molar refractivity (Wildman–Crippen MR) is 114 cm³/mol. The zero-order valence-corrected chi connectivity index (χ0v) is 17.2. The summed E-state index contributed by atoms with van der Waals surface area (Å²) in [6.45, 7) is 0.212. The van der Waals surface area contributed by atoms with Gasteiger partial charge in [0.2, 0.25) is 5.91 Å². The summed E-state index contributed by atoms with van der Waals surface area (Å²) in [7, 11) is 3.18. The molecule has 8 nitrogen and oxygen atoms in total. The number of nitrogens with one attached hydrogen (secondary N) is 1. The molecular formula is C21H19N3O5S. The fourth-order valence-corrected chi connectivity index (χ4v) is 3.82. The van der Waals surface area contributed by atoms with E-state index in [1.807, 2.05) is 17.5 Å². The van der Waals surface area contributed by atoms with Crippen molar-refractivity contribution in [2.24, 2.45) is 0 Å². The van der Waals surface area contributed by atoms with Gasteiger partial charge in [-0.05, 0) is 30.3 Å². The van der Waals surface area contributed by atoms with Crippen LogP contribution in [0.4, 0.5) is 5.13 Å². The molecule has 30 heavy (non-hydrogen) atoms. The first kappa shape index (κ1) is 19.7. The van der Waals surface area contributed by atoms with E-state index in [1.165, 1.54) is 15.9 Å². The van der Waals surface area contributed by atoms with Crippen LogP contribution in [0.1, 0.15) is 6.42 Å². The van der Waals surface area contributed by atoms with Crippen molar-refractivity contribution in [2.75, 3.05) is 19.5 Å². The number of rotatable bonds is 7. The van der Waals surface area contributed by atoms with Gasteiger partial charge >= 0.3 is 5.76 Å². The van der Waals surface area contributed by atoms with E-state index in [-0.39, 0.29) is 18.9 Å². The summed E-state index contributed by atoms with van der Waals surface area (Å²) in [5.74, 6) is 0.615. The fraction of sp³-hybridized carbons (Fsp3) is 0.190. The van der Waals surface area contributed by atoms with Gasteiger partial charge in [0.05, 0.1) is 25.4 Å². The SMILES string of the molecule is COc1ccc(OC)c(-c2csc(NC(=O)CCn3c(=O)oc4ccccc43)n2)c1. The molecule has 9 heteroatoms. The van der Waals surface area contributed by atoms with Gasteiger partial charge in [-0.1, -0.05) is 12.1 Å². The van der Waals surface area contributed by atoms with E-state index in [2.05, 4.69) is 10.3 Å². The maximum Gasteiger partial charge on any atom is 0.419 e. The molecule has 0 atom stereocenters. The van der Waals surface area contributed by atoms with Crippen LogP contribution in [0.5, 0.6) is 11.5 Å². The lowest BCUT2D eigenvalue weighted by Gasteiger charge is -2.08. The van der Waals surface area contributed by atoms with Crippen LogP contribution in [-0.2, 0) is 11.3 Å². The van der Waals surface area contributed by atoms with Crippen LogP contribution in [0.3, 0.4) is 0 Å². The highest BCUT2D eigenvalue weighted by atomic mass is 32.1. The monoisotopic (exact) mass is 425 g/mol. The van der Waals surface area contributed by atoms with Crippen LogP contribution in [0.25, 0.3) is 22.4 Å². The number of thiazole rings is 1. The number of ether oxygens (including phenoxy) is 2. The lowest BCUT2D eigenvalue weighted by atomic mass is 10.1. The Hall–Kier alpha value is -3.59. The van der Waals surface area contributed by atoms with Crippen LogP contribution >= 0.6 is 11.3 Å². The van der Waals surface area contributed by atoms with Crippen molar-refractivity contribution in [1.29, 1.82) is 0 Å². The molecule has 0 saturated heterocycles. The van der Waals surface area contributed by atoms with Crippen LogP contribution in [0, 0.1) is 0 Å². The molecule has 0 spiro atoms. The molecule has 4 rings (SSSR count). The molecular weight excluding hydrogens is 406 g/mol. The summed E-state index contributed by atoms with van der Waals surface area (Å²) in [6, 6.07) is 12.6. The number of aromatic nitrogens is 2. The Morgan fingerprint density at radius 3 is 2.83 bits per heavy atom. The van der Waals surface area contributed by atoms with Crippen molar-refractivity contribution in [1.82, 2.24) is 9.55 Å². The summed E-state index contributed by atoms with van der Waals surface area (Å²) < 4.78 is 17.3. The molecule has 0 aliphatic carbocycles. The van der Waals surface area contributed by atoms with Crippen molar-refractivity contribution in [2.45, 2.75) is 13.0 Å². The second kappa shape index (κ2) is 8.42. The highest BCUT2D eigenvalue weighted by Crippen LogP contribution is 2.35. The number of para-hydroxylation sites is 2. The Morgan fingerprint density at radius 1 is 1.20 bits per heavy atom. The topological polar surface area (TPSA) is 95.6 Å². The average molecular weight is 425 g/mol. The molecule has 2 aromatic heterocycles. The van der Waals surface area contributed by atoms with Gasteiger partial charge in [-0.2, -0.15) is 0 Å². The van der Waals surface area contributed by atoms with Crippen LogP contribution in [0.2, 0.25) is 0 Å². The predicted octanol–water partition coefficient (Wildman–Crippen LogP) is 3.76. The smallest absolute Gasteiger partial charge is 0.419 e. The Kier molecular flexibility index (Phi) is 5.53. The summed E-state index contributed by atoms with van der Waals surface area (Å²) in [5, 5.41) is 5.08. The number of hydrogen-bond acceptors (Lipinski definition) is 7. The van der Waals surface area contributed by atoms with Crippen LogP contribution in [0.15, 0.2) is 57.1 Å². The Morgan fingerprint density at radius 2 is 2.03 bits per heavy atom. The summed E-state index contributed by atoms with van der Waals surface area (Å²) in [5.41, 5.74) is 2.60. The number of amides is 1. The first-order valence-corrected chi connectivity index (χ1v) is 10.0. The van der Waals surface area contributed by atoms with E-state index in [0.717, 1.165) is 5.56 Å². The van der Waals surface area contributed by atoms with Gasteiger partial charge in [0, 0.05) is 23.9 Å². The van der Waals surface area contributed by atoms with Crippen LogP contribution < -0.4 is 20.5 Å². The maximum absolute atomic E-state index is 12.4. The largest absolute Gasteiger partial charge is 0.497 e. The molecule has 2 heterocycles. The lowest BCUT2D eigenvalue weighted by molar-refractivity contribution is -0.116. The Balaban J connectivity index is 1.46. The number of nitrogens with zero attached hydrogens (tertiary/aromatic N) is 2. The third-order valence-corrected chi connectivity index (χ3v) is 5.33. The molecule has 0 aliphatic heterocycles. The van der Waals surface area contributed by atoms with E-state index in [1.54, 1.807) is 44.6 Å². The molecule has 0 unspecified atom stereocenters. The Bertz CT molecular complexity index is 1260. The first-order chi connectivity index (χ1) is 14.6. The lowest BCUT2D eigenvalue weighted by Crippen LogP contribution is -2.19. The van der Waals surface area contributed by atoms with Gasteiger partial charge in [-0.25, -0.2) is 9.78 Å². The standard InChI is InChI=1S/C21H19N3O5S/c1-27-13-7-8-17(28-2)14(11-13)15-12-30-20(22-15)23-19(25)9-10-24-16-5-3-4-6-18(16)29-21(24)26/h3-8,11-12H,9-10H2,1-2H3,(H,22,23,25). The number of aryl methyl sites for hydroxylation is 1. The normalized spacial score (nSPS) is 10.9. The summed E-state index contributed by atoms with van der Waals surface area (Å²) in [6.07, 6.45) is 0.112. The van der Waals surface area contributed by atoms with Crippen molar-refractivity contribution in [3.63, 3.8) is 0 Å². The molecule has 4 aromatic rings. The average Bonchev–Trinajstić information content (AvgIpc) is 3.35.